The van der Waals surface area contributed by atoms with Crippen molar-refractivity contribution in [2.75, 3.05) is 7.05 Å². The molecular formula is C16H15Cl2NOS. The van der Waals surface area contributed by atoms with Crippen LogP contribution in [0.15, 0.2) is 47.4 Å². The Labute approximate surface area is 140 Å². The standard InChI is InChI=1S/C16H15Cl2NOS/c1-10(11-3-5-12(17)6-4-11)19(2)16(20)14-9-13(21)7-8-15(14)18/h3-10,21H,1-2H3. The highest BCUT2D eigenvalue weighted by atomic mass is 35.5. The van der Waals surface area contributed by atoms with Crippen LogP contribution < -0.4 is 0 Å². The molecule has 110 valence electrons. The van der Waals surface area contributed by atoms with Gasteiger partial charge in [-0.05, 0) is 42.8 Å². The lowest BCUT2D eigenvalue weighted by Gasteiger charge is -2.26. The van der Waals surface area contributed by atoms with E-state index in [0.717, 1.165) is 5.56 Å². The van der Waals surface area contributed by atoms with Crippen LogP contribution in [0.1, 0.15) is 28.9 Å². The Kier molecular flexibility index (Phi) is 5.20. The Morgan fingerprint density at radius 2 is 1.76 bits per heavy atom. The molecule has 0 aromatic heterocycles. The van der Waals surface area contributed by atoms with E-state index in [0.29, 0.717) is 20.5 Å². The van der Waals surface area contributed by atoms with Gasteiger partial charge in [0.1, 0.15) is 0 Å². The van der Waals surface area contributed by atoms with Crippen LogP contribution in [-0.4, -0.2) is 17.9 Å². The van der Waals surface area contributed by atoms with Gasteiger partial charge in [-0.15, -0.1) is 12.6 Å². The number of hydrogen-bond acceptors (Lipinski definition) is 2. The average Bonchev–Trinajstić information content (AvgIpc) is 2.48. The van der Waals surface area contributed by atoms with E-state index in [2.05, 4.69) is 12.6 Å². The zero-order valence-electron chi connectivity index (χ0n) is 11.7. The van der Waals surface area contributed by atoms with Gasteiger partial charge in [-0.25, -0.2) is 0 Å². The summed E-state index contributed by atoms with van der Waals surface area (Å²) < 4.78 is 0. The Hall–Kier alpha value is -1.16. The van der Waals surface area contributed by atoms with Crippen molar-refractivity contribution in [2.24, 2.45) is 0 Å². The van der Waals surface area contributed by atoms with E-state index in [1.54, 1.807) is 30.1 Å². The number of nitrogens with zero attached hydrogens (tertiary/aromatic N) is 1. The van der Waals surface area contributed by atoms with E-state index in [-0.39, 0.29) is 11.9 Å². The van der Waals surface area contributed by atoms with E-state index in [1.807, 2.05) is 31.2 Å². The first-order chi connectivity index (χ1) is 9.90. The molecule has 0 aliphatic carbocycles. The number of hydrogen-bond donors (Lipinski definition) is 1. The summed E-state index contributed by atoms with van der Waals surface area (Å²) in [6.07, 6.45) is 0. The number of rotatable bonds is 3. The third-order valence-corrected chi connectivity index (χ3v) is 4.29. The third-order valence-electron chi connectivity index (χ3n) is 3.43. The summed E-state index contributed by atoms with van der Waals surface area (Å²) in [6, 6.07) is 12.5. The van der Waals surface area contributed by atoms with Crippen molar-refractivity contribution in [1.29, 1.82) is 0 Å². The molecule has 0 aliphatic rings. The lowest BCUT2D eigenvalue weighted by molar-refractivity contribution is 0.0742. The minimum atomic E-state index is -0.140. The Balaban J connectivity index is 2.26. The smallest absolute Gasteiger partial charge is 0.255 e. The molecule has 5 heteroatoms. The lowest BCUT2D eigenvalue weighted by atomic mass is 10.1. The first-order valence-corrected chi connectivity index (χ1v) is 7.61. The molecular weight excluding hydrogens is 325 g/mol. The molecule has 0 bridgehead atoms. The molecule has 0 saturated carbocycles. The summed E-state index contributed by atoms with van der Waals surface area (Å²) in [6.45, 7) is 1.96. The first-order valence-electron chi connectivity index (χ1n) is 6.41. The molecule has 0 aliphatic heterocycles. The van der Waals surface area contributed by atoms with Crippen molar-refractivity contribution in [1.82, 2.24) is 4.90 Å². The molecule has 0 radical (unpaired) electrons. The number of benzene rings is 2. The van der Waals surface area contributed by atoms with Crippen LogP contribution in [0.3, 0.4) is 0 Å². The SMILES string of the molecule is CC(c1ccc(Cl)cc1)N(C)C(=O)c1cc(S)ccc1Cl. The summed E-state index contributed by atoms with van der Waals surface area (Å²) in [5, 5.41) is 1.10. The zero-order chi connectivity index (χ0) is 15.6. The molecule has 1 atom stereocenters. The van der Waals surface area contributed by atoms with Crippen molar-refractivity contribution < 1.29 is 4.79 Å². The van der Waals surface area contributed by atoms with Crippen molar-refractivity contribution in [3.63, 3.8) is 0 Å². The molecule has 2 aromatic carbocycles. The molecule has 1 amide bonds. The van der Waals surface area contributed by atoms with Crippen LogP contribution >= 0.6 is 35.8 Å². The zero-order valence-corrected chi connectivity index (χ0v) is 14.1. The van der Waals surface area contributed by atoms with E-state index >= 15 is 0 Å². The fourth-order valence-electron chi connectivity index (χ4n) is 2.01. The molecule has 2 rings (SSSR count). The van der Waals surface area contributed by atoms with Gasteiger partial charge in [0.25, 0.3) is 5.91 Å². The summed E-state index contributed by atoms with van der Waals surface area (Å²) in [7, 11) is 1.75. The molecule has 0 N–H and O–H groups in total. The molecule has 0 heterocycles. The van der Waals surface area contributed by atoms with Crippen molar-refractivity contribution in [3.05, 3.63) is 63.6 Å². The maximum atomic E-state index is 12.6. The second kappa shape index (κ2) is 6.73. The predicted octanol–water partition coefficient (Wildman–Crippen LogP) is 5.12. The summed E-state index contributed by atoms with van der Waals surface area (Å²) in [5.41, 5.74) is 1.46. The van der Waals surface area contributed by atoms with Gasteiger partial charge in [0, 0.05) is 17.0 Å². The average molecular weight is 340 g/mol. The molecule has 21 heavy (non-hydrogen) atoms. The van der Waals surface area contributed by atoms with Crippen LogP contribution in [0.5, 0.6) is 0 Å². The van der Waals surface area contributed by atoms with E-state index in [9.17, 15) is 4.79 Å². The highest BCUT2D eigenvalue weighted by Crippen LogP contribution is 2.26. The van der Waals surface area contributed by atoms with Crippen LogP contribution in [-0.2, 0) is 0 Å². The quantitative estimate of drug-likeness (QED) is 0.770. The number of amides is 1. The second-order valence-electron chi connectivity index (χ2n) is 4.81. The highest BCUT2D eigenvalue weighted by molar-refractivity contribution is 7.80. The summed E-state index contributed by atoms with van der Waals surface area (Å²) in [4.78, 5) is 14.9. The van der Waals surface area contributed by atoms with Gasteiger partial charge in [-0.1, -0.05) is 35.3 Å². The van der Waals surface area contributed by atoms with Crippen molar-refractivity contribution in [2.45, 2.75) is 17.9 Å². The van der Waals surface area contributed by atoms with Gasteiger partial charge >= 0.3 is 0 Å². The van der Waals surface area contributed by atoms with E-state index in [1.165, 1.54) is 0 Å². The van der Waals surface area contributed by atoms with Gasteiger partial charge in [-0.3, -0.25) is 4.79 Å². The van der Waals surface area contributed by atoms with Gasteiger partial charge < -0.3 is 4.90 Å². The maximum Gasteiger partial charge on any atom is 0.255 e. The Morgan fingerprint density at radius 3 is 2.38 bits per heavy atom. The van der Waals surface area contributed by atoms with Gasteiger partial charge in [-0.2, -0.15) is 0 Å². The minimum Gasteiger partial charge on any atom is -0.335 e. The highest BCUT2D eigenvalue weighted by Gasteiger charge is 2.21. The predicted molar refractivity (Wildman–Crippen MR) is 90.7 cm³/mol. The van der Waals surface area contributed by atoms with Crippen molar-refractivity contribution >= 4 is 41.7 Å². The number of halogens is 2. The van der Waals surface area contributed by atoms with Gasteiger partial charge in [0.05, 0.1) is 16.6 Å². The van der Waals surface area contributed by atoms with E-state index < -0.39 is 0 Å². The maximum absolute atomic E-state index is 12.6. The van der Waals surface area contributed by atoms with E-state index in [4.69, 9.17) is 23.2 Å². The molecule has 1 unspecified atom stereocenters. The monoisotopic (exact) mass is 339 g/mol. The first kappa shape index (κ1) is 16.2. The normalized spacial score (nSPS) is 12.0. The largest absolute Gasteiger partial charge is 0.335 e. The summed E-state index contributed by atoms with van der Waals surface area (Å²) in [5.74, 6) is -0.140. The van der Waals surface area contributed by atoms with Gasteiger partial charge in [0.2, 0.25) is 0 Å². The fraction of sp³-hybridized carbons (Fsp3) is 0.188. The molecule has 2 aromatic rings. The molecule has 0 spiro atoms. The van der Waals surface area contributed by atoms with Crippen LogP contribution in [0.25, 0.3) is 0 Å². The lowest BCUT2D eigenvalue weighted by Crippen LogP contribution is -2.29. The number of carbonyl (C=O) groups is 1. The minimum absolute atomic E-state index is 0.0885. The number of carbonyl (C=O) groups excluding carboxylic acids is 1. The van der Waals surface area contributed by atoms with Crippen LogP contribution in [0.2, 0.25) is 10.0 Å². The van der Waals surface area contributed by atoms with Crippen molar-refractivity contribution in [3.8, 4) is 0 Å². The molecule has 0 fully saturated rings. The van der Waals surface area contributed by atoms with Gasteiger partial charge in [0.15, 0.2) is 0 Å². The molecule has 0 saturated heterocycles. The van der Waals surface area contributed by atoms with Crippen LogP contribution in [0.4, 0.5) is 0 Å². The Morgan fingerprint density at radius 1 is 1.14 bits per heavy atom. The second-order valence-corrected chi connectivity index (χ2v) is 6.17. The van der Waals surface area contributed by atoms with Crippen LogP contribution in [0, 0.1) is 0 Å². The summed E-state index contributed by atoms with van der Waals surface area (Å²) >= 11 is 16.2. The Bertz CT molecular complexity index is 658. The fourth-order valence-corrected chi connectivity index (χ4v) is 2.54. The topological polar surface area (TPSA) is 20.3 Å². The number of thiol groups is 1. The molecule has 2 nitrogen and oxygen atoms in total. The third kappa shape index (κ3) is 3.73.